The van der Waals surface area contributed by atoms with Crippen molar-refractivity contribution in [3.05, 3.63) is 0 Å². The van der Waals surface area contributed by atoms with E-state index in [1.54, 1.807) is 0 Å². The molecule has 0 bridgehead atoms. The standard InChI is InChI=1S/C14H27N3O/c1-12(11-17-9-3-2-4-10-17)16-14(18)7-8-15-13-5-6-13/h12-13,15H,2-11H2,1H3,(H,16,18). The Bertz CT molecular complexity index is 260. The number of nitrogens with zero attached hydrogens (tertiary/aromatic N) is 1. The summed E-state index contributed by atoms with van der Waals surface area (Å²) in [5, 5.41) is 6.47. The van der Waals surface area contributed by atoms with E-state index in [4.69, 9.17) is 0 Å². The molecule has 4 heteroatoms. The number of nitrogens with one attached hydrogen (secondary N) is 2. The van der Waals surface area contributed by atoms with E-state index in [0.29, 0.717) is 12.5 Å². The molecule has 1 aliphatic carbocycles. The Balaban J connectivity index is 1.53. The maximum Gasteiger partial charge on any atom is 0.221 e. The van der Waals surface area contributed by atoms with Crippen LogP contribution in [-0.2, 0) is 4.79 Å². The van der Waals surface area contributed by atoms with Crippen molar-refractivity contribution >= 4 is 5.91 Å². The average Bonchev–Trinajstić information content (AvgIpc) is 3.14. The first-order valence-electron chi connectivity index (χ1n) is 7.49. The molecule has 1 amide bonds. The Morgan fingerprint density at radius 2 is 2.00 bits per heavy atom. The normalized spacial score (nSPS) is 22.7. The second-order valence-corrected chi connectivity index (χ2v) is 5.81. The molecule has 2 fully saturated rings. The average molecular weight is 253 g/mol. The molecule has 0 radical (unpaired) electrons. The van der Waals surface area contributed by atoms with Gasteiger partial charge in [-0.05, 0) is 45.7 Å². The number of rotatable bonds is 7. The number of likely N-dealkylation sites (tertiary alicyclic amines) is 1. The molecule has 2 N–H and O–H groups in total. The van der Waals surface area contributed by atoms with E-state index in [1.807, 2.05) is 0 Å². The predicted molar refractivity (Wildman–Crippen MR) is 73.5 cm³/mol. The molecule has 2 rings (SSSR count). The highest BCUT2D eigenvalue weighted by Crippen LogP contribution is 2.18. The molecule has 0 aromatic rings. The van der Waals surface area contributed by atoms with E-state index in [1.165, 1.54) is 45.2 Å². The van der Waals surface area contributed by atoms with E-state index >= 15 is 0 Å². The highest BCUT2D eigenvalue weighted by atomic mass is 16.1. The van der Waals surface area contributed by atoms with E-state index in [9.17, 15) is 4.79 Å². The quantitative estimate of drug-likeness (QED) is 0.714. The number of hydrogen-bond acceptors (Lipinski definition) is 3. The van der Waals surface area contributed by atoms with Crippen molar-refractivity contribution in [3.8, 4) is 0 Å². The Kier molecular flexibility index (Phi) is 5.45. The fourth-order valence-corrected chi connectivity index (χ4v) is 2.60. The Morgan fingerprint density at radius 1 is 1.28 bits per heavy atom. The molecule has 2 aliphatic rings. The fraction of sp³-hybridized carbons (Fsp3) is 0.929. The Labute approximate surface area is 110 Å². The molecule has 1 saturated heterocycles. The number of amides is 1. The molecular weight excluding hydrogens is 226 g/mol. The van der Waals surface area contributed by atoms with Gasteiger partial charge in [-0.1, -0.05) is 6.42 Å². The van der Waals surface area contributed by atoms with Gasteiger partial charge in [0.15, 0.2) is 0 Å². The van der Waals surface area contributed by atoms with Gasteiger partial charge in [-0.25, -0.2) is 0 Å². The molecule has 1 saturated carbocycles. The summed E-state index contributed by atoms with van der Waals surface area (Å²) in [5.74, 6) is 0.188. The maximum absolute atomic E-state index is 11.7. The zero-order valence-electron chi connectivity index (χ0n) is 11.6. The second-order valence-electron chi connectivity index (χ2n) is 5.81. The summed E-state index contributed by atoms with van der Waals surface area (Å²) in [7, 11) is 0. The van der Waals surface area contributed by atoms with E-state index in [-0.39, 0.29) is 11.9 Å². The maximum atomic E-state index is 11.7. The van der Waals surface area contributed by atoms with Gasteiger partial charge in [-0.2, -0.15) is 0 Å². The fourth-order valence-electron chi connectivity index (χ4n) is 2.60. The first-order valence-corrected chi connectivity index (χ1v) is 7.49. The third-order valence-electron chi connectivity index (χ3n) is 3.75. The molecule has 0 spiro atoms. The van der Waals surface area contributed by atoms with Gasteiger partial charge in [0.2, 0.25) is 5.91 Å². The van der Waals surface area contributed by atoms with Gasteiger partial charge in [-0.3, -0.25) is 4.79 Å². The number of carbonyl (C=O) groups is 1. The van der Waals surface area contributed by atoms with Gasteiger partial charge in [0.1, 0.15) is 0 Å². The van der Waals surface area contributed by atoms with Crippen molar-refractivity contribution in [2.75, 3.05) is 26.2 Å². The second kappa shape index (κ2) is 7.10. The van der Waals surface area contributed by atoms with Crippen LogP contribution in [0, 0.1) is 0 Å². The molecule has 1 atom stereocenters. The minimum Gasteiger partial charge on any atom is -0.352 e. The summed E-state index contributed by atoms with van der Waals surface area (Å²) in [5.41, 5.74) is 0. The molecule has 18 heavy (non-hydrogen) atoms. The van der Waals surface area contributed by atoms with Crippen molar-refractivity contribution in [2.24, 2.45) is 0 Å². The van der Waals surface area contributed by atoms with Crippen LogP contribution in [0.3, 0.4) is 0 Å². The van der Waals surface area contributed by atoms with Gasteiger partial charge < -0.3 is 15.5 Å². The van der Waals surface area contributed by atoms with Crippen LogP contribution in [0.25, 0.3) is 0 Å². The number of piperidine rings is 1. The van der Waals surface area contributed by atoms with Crippen LogP contribution in [0.1, 0.15) is 45.4 Å². The summed E-state index contributed by atoms with van der Waals surface area (Å²) >= 11 is 0. The van der Waals surface area contributed by atoms with E-state index in [0.717, 1.165) is 13.1 Å². The van der Waals surface area contributed by atoms with Gasteiger partial charge >= 0.3 is 0 Å². The van der Waals surface area contributed by atoms with Crippen LogP contribution in [0.4, 0.5) is 0 Å². The molecule has 4 nitrogen and oxygen atoms in total. The summed E-state index contributed by atoms with van der Waals surface area (Å²) in [4.78, 5) is 14.2. The van der Waals surface area contributed by atoms with Crippen LogP contribution >= 0.6 is 0 Å². The Morgan fingerprint density at radius 3 is 2.67 bits per heavy atom. The molecule has 1 heterocycles. The van der Waals surface area contributed by atoms with E-state index in [2.05, 4.69) is 22.5 Å². The summed E-state index contributed by atoms with van der Waals surface area (Å²) in [6.45, 7) is 6.34. The van der Waals surface area contributed by atoms with Gasteiger partial charge in [0.25, 0.3) is 0 Å². The van der Waals surface area contributed by atoms with Crippen LogP contribution < -0.4 is 10.6 Å². The number of hydrogen-bond donors (Lipinski definition) is 2. The molecule has 104 valence electrons. The monoisotopic (exact) mass is 253 g/mol. The highest BCUT2D eigenvalue weighted by molar-refractivity contribution is 5.76. The third-order valence-corrected chi connectivity index (χ3v) is 3.75. The first kappa shape index (κ1) is 13.8. The summed E-state index contributed by atoms with van der Waals surface area (Å²) in [6, 6.07) is 0.972. The minimum atomic E-state index is 0.188. The topological polar surface area (TPSA) is 44.4 Å². The molecule has 0 aromatic heterocycles. The lowest BCUT2D eigenvalue weighted by Crippen LogP contribution is -2.44. The summed E-state index contributed by atoms with van der Waals surface area (Å²) in [6.07, 6.45) is 7.17. The summed E-state index contributed by atoms with van der Waals surface area (Å²) < 4.78 is 0. The molecule has 1 unspecified atom stereocenters. The SMILES string of the molecule is CC(CN1CCCCC1)NC(=O)CCNC1CC1. The van der Waals surface area contributed by atoms with Crippen molar-refractivity contribution in [1.29, 1.82) is 0 Å². The van der Waals surface area contributed by atoms with Crippen molar-refractivity contribution < 1.29 is 4.79 Å². The van der Waals surface area contributed by atoms with E-state index < -0.39 is 0 Å². The van der Waals surface area contributed by atoms with Gasteiger partial charge in [0.05, 0.1) is 0 Å². The van der Waals surface area contributed by atoms with Crippen molar-refractivity contribution in [3.63, 3.8) is 0 Å². The minimum absolute atomic E-state index is 0.188. The highest BCUT2D eigenvalue weighted by Gasteiger charge is 2.20. The zero-order chi connectivity index (χ0) is 12.8. The van der Waals surface area contributed by atoms with Crippen LogP contribution in [-0.4, -0.2) is 49.1 Å². The largest absolute Gasteiger partial charge is 0.352 e. The van der Waals surface area contributed by atoms with Crippen LogP contribution in [0.2, 0.25) is 0 Å². The van der Waals surface area contributed by atoms with Gasteiger partial charge in [0, 0.05) is 31.6 Å². The molecular formula is C14H27N3O. The third kappa shape index (κ3) is 5.36. The zero-order valence-corrected chi connectivity index (χ0v) is 11.6. The lowest BCUT2D eigenvalue weighted by Gasteiger charge is -2.29. The van der Waals surface area contributed by atoms with Crippen molar-refractivity contribution in [1.82, 2.24) is 15.5 Å². The lowest BCUT2D eigenvalue weighted by atomic mass is 10.1. The van der Waals surface area contributed by atoms with Crippen molar-refractivity contribution in [2.45, 2.75) is 57.5 Å². The van der Waals surface area contributed by atoms with Crippen LogP contribution in [0.15, 0.2) is 0 Å². The predicted octanol–water partition coefficient (Wildman–Crippen LogP) is 1.12. The Hall–Kier alpha value is -0.610. The first-order chi connectivity index (χ1) is 8.74. The number of carbonyl (C=O) groups excluding carboxylic acids is 1. The van der Waals surface area contributed by atoms with Crippen LogP contribution in [0.5, 0.6) is 0 Å². The van der Waals surface area contributed by atoms with Gasteiger partial charge in [-0.15, -0.1) is 0 Å². The molecule has 0 aromatic carbocycles. The lowest BCUT2D eigenvalue weighted by molar-refractivity contribution is -0.121. The molecule has 1 aliphatic heterocycles. The smallest absolute Gasteiger partial charge is 0.221 e.